The van der Waals surface area contributed by atoms with E-state index in [0.29, 0.717) is 35.1 Å². The smallest absolute Gasteiger partial charge is 0.263 e. The molecule has 0 radical (unpaired) electrons. The Morgan fingerprint density at radius 1 is 1.25 bits per heavy atom. The Hall–Kier alpha value is -2.76. The zero-order valence-electron chi connectivity index (χ0n) is 14.1. The summed E-state index contributed by atoms with van der Waals surface area (Å²) >= 11 is 0. The fraction of sp³-hybridized carbons (Fsp3) is 0.333. The zero-order valence-corrected chi connectivity index (χ0v) is 14.1. The average Bonchev–Trinajstić information content (AvgIpc) is 3.12. The van der Waals surface area contributed by atoms with Gasteiger partial charge >= 0.3 is 0 Å². The topological polar surface area (TPSA) is 79.0 Å². The number of H-pyrrole nitrogens is 1. The fourth-order valence-corrected chi connectivity index (χ4v) is 2.86. The molecule has 0 saturated carbocycles. The lowest BCUT2D eigenvalue weighted by Gasteiger charge is -2.15. The van der Waals surface area contributed by atoms with Gasteiger partial charge in [0.05, 0.1) is 22.7 Å². The molecule has 124 valence electrons. The van der Waals surface area contributed by atoms with E-state index in [9.17, 15) is 9.59 Å². The maximum Gasteiger partial charge on any atom is 0.263 e. The normalized spacial score (nSPS) is 14.0. The van der Waals surface area contributed by atoms with Crippen LogP contribution in [-0.4, -0.2) is 38.4 Å². The summed E-state index contributed by atoms with van der Waals surface area (Å²) in [5, 5.41) is 7.24. The first-order valence-corrected chi connectivity index (χ1v) is 8.05. The highest BCUT2D eigenvalue weighted by Gasteiger charge is 2.37. The number of hydrogen-bond donors (Lipinski definition) is 1. The van der Waals surface area contributed by atoms with E-state index in [0.717, 1.165) is 12.0 Å². The van der Waals surface area contributed by atoms with Gasteiger partial charge in [-0.25, -0.2) is 4.98 Å². The second-order valence-electron chi connectivity index (χ2n) is 6.03. The molecule has 6 heteroatoms. The molecule has 0 fully saturated rings. The van der Waals surface area contributed by atoms with E-state index in [4.69, 9.17) is 0 Å². The number of allylic oxidation sites excluding steroid dienone is 3. The summed E-state index contributed by atoms with van der Waals surface area (Å²) in [6.07, 6.45) is 8.75. The highest BCUT2D eigenvalue weighted by molar-refractivity contribution is 6.25. The lowest BCUT2D eigenvalue weighted by Crippen LogP contribution is -2.31. The lowest BCUT2D eigenvalue weighted by molar-refractivity contribution is 0.0657. The first-order chi connectivity index (χ1) is 11.5. The molecule has 0 unspecified atom stereocenters. The van der Waals surface area contributed by atoms with Gasteiger partial charge in [0.15, 0.2) is 5.65 Å². The van der Waals surface area contributed by atoms with Gasteiger partial charge in [-0.3, -0.25) is 19.6 Å². The number of imide groups is 1. The Kier molecular flexibility index (Phi) is 4.29. The molecule has 0 saturated heterocycles. The molecule has 0 aromatic carbocycles. The molecular formula is C18H20N4O2. The van der Waals surface area contributed by atoms with Crippen LogP contribution in [0.3, 0.4) is 0 Å². The Morgan fingerprint density at radius 2 is 2.04 bits per heavy atom. The Morgan fingerprint density at radius 3 is 2.75 bits per heavy atom. The molecule has 3 heterocycles. The Labute approximate surface area is 140 Å². The molecule has 3 rings (SSSR count). The minimum atomic E-state index is -0.279. The van der Waals surface area contributed by atoms with Crippen molar-refractivity contribution in [3.63, 3.8) is 0 Å². The van der Waals surface area contributed by atoms with Crippen molar-refractivity contribution in [3.05, 3.63) is 46.8 Å². The summed E-state index contributed by atoms with van der Waals surface area (Å²) in [5.41, 5.74) is 3.63. The number of hydrogen-bond acceptors (Lipinski definition) is 4. The first-order valence-electron chi connectivity index (χ1n) is 8.05. The van der Waals surface area contributed by atoms with Crippen molar-refractivity contribution < 1.29 is 9.59 Å². The highest BCUT2D eigenvalue weighted by atomic mass is 16.2. The number of nitrogens with one attached hydrogen (secondary N) is 1. The maximum atomic E-state index is 12.7. The van der Waals surface area contributed by atoms with Crippen LogP contribution in [0.1, 0.15) is 54.3 Å². The zero-order chi connectivity index (χ0) is 17.3. The summed E-state index contributed by atoms with van der Waals surface area (Å²) in [7, 11) is 0. The van der Waals surface area contributed by atoms with Gasteiger partial charge in [0.2, 0.25) is 0 Å². The van der Waals surface area contributed by atoms with Gasteiger partial charge in [-0.15, -0.1) is 0 Å². The Balaban J connectivity index is 1.86. The quantitative estimate of drug-likeness (QED) is 0.676. The molecular weight excluding hydrogens is 304 g/mol. The molecule has 6 nitrogen and oxygen atoms in total. The summed E-state index contributed by atoms with van der Waals surface area (Å²) in [6, 6.07) is 0. The third-order valence-corrected chi connectivity index (χ3v) is 4.22. The van der Waals surface area contributed by atoms with E-state index < -0.39 is 0 Å². The van der Waals surface area contributed by atoms with E-state index in [1.165, 1.54) is 16.7 Å². The maximum absolute atomic E-state index is 12.7. The molecule has 2 aromatic rings. The number of carbonyl (C=O) groups is 2. The standard InChI is InChI=1S/C18H20N4O2/c1-4-5-6-12(11(2)3)7-8-22-17(23)14-9-19-16-13(10-20-21-16)15(14)18(22)24/h5-6,9-10H,4,7-8H2,1-3H3,(H,19,20,21)/b6-5-. The number of pyridine rings is 1. The van der Waals surface area contributed by atoms with Crippen molar-refractivity contribution in [1.82, 2.24) is 20.1 Å². The molecule has 1 aliphatic heterocycles. The predicted molar refractivity (Wildman–Crippen MR) is 91.7 cm³/mol. The van der Waals surface area contributed by atoms with Gasteiger partial charge in [-0.1, -0.05) is 24.6 Å². The molecule has 24 heavy (non-hydrogen) atoms. The van der Waals surface area contributed by atoms with E-state index in [2.05, 4.69) is 34.3 Å². The van der Waals surface area contributed by atoms with E-state index in [-0.39, 0.29) is 11.8 Å². The molecule has 1 aliphatic rings. The Bertz CT molecular complexity index is 872. The minimum Gasteiger partial charge on any atom is -0.274 e. The third kappa shape index (κ3) is 2.64. The summed E-state index contributed by atoms with van der Waals surface area (Å²) < 4.78 is 0. The summed E-state index contributed by atoms with van der Waals surface area (Å²) in [6.45, 7) is 6.51. The van der Waals surface area contributed by atoms with Crippen molar-refractivity contribution in [2.24, 2.45) is 0 Å². The fourth-order valence-electron chi connectivity index (χ4n) is 2.86. The summed E-state index contributed by atoms with van der Waals surface area (Å²) in [5.74, 6) is -0.547. The predicted octanol–water partition coefficient (Wildman–Crippen LogP) is 3.25. The molecule has 2 amide bonds. The number of nitrogens with zero attached hydrogens (tertiary/aromatic N) is 3. The van der Waals surface area contributed by atoms with Crippen molar-refractivity contribution in [1.29, 1.82) is 0 Å². The van der Waals surface area contributed by atoms with E-state index >= 15 is 0 Å². The third-order valence-electron chi connectivity index (χ3n) is 4.22. The first kappa shape index (κ1) is 16.1. The molecule has 0 bridgehead atoms. The molecule has 2 aromatic heterocycles. The van der Waals surface area contributed by atoms with Crippen LogP contribution in [0, 0.1) is 0 Å². The number of rotatable bonds is 5. The molecule has 0 spiro atoms. The van der Waals surface area contributed by atoms with E-state index in [1.54, 1.807) is 6.20 Å². The van der Waals surface area contributed by atoms with Crippen LogP contribution in [0.2, 0.25) is 0 Å². The highest BCUT2D eigenvalue weighted by Crippen LogP contribution is 2.28. The van der Waals surface area contributed by atoms with E-state index in [1.807, 2.05) is 13.8 Å². The van der Waals surface area contributed by atoms with Crippen molar-refractivity contribution >= 4 is 22.8 Å². The molecule has 0 aliphatic carbocycles. The van der Waals surface area contributed by atoms with Crippen LogP contribution < -0.4 is 0 Å². The molecule has 0 atom stereocenters. The van der Waals surface area contributed by atoms with Crippen molar-refractivity contribution in [3.8, 4) is 0 Å². The number of aromatic nitrogens is 3. The van der Waals surface area contributed by atoms with Gasteiger partial charge in [0, 0.05) is 12.7 Å². The summed E-state index contributed by atoms with van der Waals surface area (Å²) in [4.78, 5) is 30.8. The number of aromatic amines is 1. The van der Waals surface area contributed by atoms with Crippen LogP contribution in [-0.2, 0) is 0 Å². The van der Waals surface area contributed by atoms with Crippen molar-refractivity contribution in [2.75, 3.05) is 6.54 Å². The van der Waals surface area contributed by atoms with Crippen molar-refractivity contribution in [2.45, 2.75) is 33.6 Å². The van der Waals surface area contributed by atoms with Crippen LogP contribution in [0.15, 0.2) is 35.7 Å². The largest absolute Gasteiger partial charge is 0.274 e. The van der Waals surface area contributed by atoms with Crippen LogP contribution in [0.5, 0.6) is 0 Å². The number of carbonyl (C=O) groups excluding carboxylic acids is 2. The van der Waals surface area contributed by atoms with Gasteiger partial charge < -0.3 is 0 Å². The lowest BCUT2D eigenvalue weighted by atomic mass is 10.1. The van der Waals surface area contributed by atoms with Gasteiger partial charge in [-0.2, -0.15) is 5.10 Å². The number of amides is 2. The SMILES string of the molecule is CC/C=C\C(CCN1C(=O)c2cnc3[nH]ncc3c2C1=O)=C(C)C. The second-order valence-corrected chi connectivity index (χ2v) is 6.03. The van der Waals surface area contributed by atoms with Crippen LogP contribution in [0.25, 0.3) is 11.0 Å². The van der Waals surface area contributed by atoms with Crippen LogP contribution >= 0.6 is 0 Å². The molecule has 1 N–H and O–H groups in total. The average molecular weight is 324 g/mol. The van der Waals surface area contributed by atoms with Crippen LogP contribution in [0.4, 0.5) is 0 Å². The van der Waals surface area contributed by atoms with Gasteiger partial charge in [-0.05, 0) is 32.3 Å². The van der Waals surface area contributed by atoms with Gasteiger partial charge in [0.1, 0.15) is 0 Å². The van der Waals surface area contributed by atoms with Gasteiger partial charge in [0.25, 0.3) is 11.8 Å². The monoisotopic (exact) mass is 324 g/mol. The number of fused-ring (bicyclic) bond motifs is 3. The second kappa shape index (κ2) is 6.39. The minimum absolute atomic E-state index is 0.267.